The van der Waals surface area contributed by atoms with Crippen LogP contribution in [0.2, 0.25) is 0 Å². The van der Waals surface area contributed by atoms with Crippen LogP contribution in [0.3, 0.4) is 0 Å². The smallest absolute Gasteiger partial charge is 0.312 e. The van der Waals surface area contributed by atoms with Crippen molar-refractivity contribution < 1.29 is 14.0 Å². The Labute approximate surface area is 121 Å². The summed E-state index contributed by atoms with van der Waals surface area (Å²) in [5.41, 5.74) is 7.51. The number of nitrogen functional groups attached to an aromatic ring is 1. The second-order valence-electron chi connectivity index (χ2n) is 4.91. The van der Waals surface area contributed by atoms with Crippen molar-refractivity contribution in [2.24, 2.45) is 0 Å². The normalized spacial score (nSPS) is 16.0. The van der Waals surface area contributed by atoms with E-state index in [1.165, 1.54) is 9.80 Å². The molecule has 3 rings (SSSR count). The Morgan fingerprint density at radius 3 is 2.67 bits per heavy atom. The van der Waals surface area contributed by atoms with Crippen LogP contribution in [-0.4, -0.2) is 46.2 Å². The Morgan fingerprint density at radius 2 is 1.95 bits per heavy atom. The molecule has 7 heteroatoms. The molecule has 0 spiro atoms. The van der Waals surface area contributed by atoms with Gasteiger partial charge in [-0.2, -0.15) is 0 Å². The zero-order valence-electron chi connectivity index (χ0n) is 11.7. The van der Waals surface area contributed by atoms with Crippen LogP contribution in [0.25, 0.3) is 11.1 Å². The molecular weight excluding hydrogens is 272 g/mol. The summed E-state index contributed by atoms with van der Waals surface area (Å²) >= 11 is 0. The largest absolute Gasteiger partial charge is 0.439 e. The summed E-state index contributed by atoms with van der Waals surface area (Å²) < 4.78 is 5.58. The maximum Gasteiger partial charge on any atom is 0.312 e. The highest BCUT2D eigenvalue weighted by atomic mass is 16.3. The predicted octanol–water partition coefficient (Wildman–Crippen LogP) is 0.601. The Hall–Kier alpha value is -2.57. The molecule has 0 saturated carbocycles. The zero-order valence-corrected chi connectivity index (χ0v) is 11.7. The number of benzene rings is 1. The fourth-order valence-corrected chi connectivity index (χ4v) is 2.41. The molecule has 2 N–H and O–H groups in total. The third kappa shape index (κ3) is 2.31. The average Bonchev–Trinajstić information content (AvgIpc) is 2.88. The van der Waals surface area contributed by atoms with Crippen molar-refractivity contribution in [3.8, 4) is 0 Å². The van der Waals surface area contributed by atoms with Crippen molar-refractivity contribution in [3.05, 3.63) is 24.1 Å². The maximum absolute atomic E-state index is 12.0. The summed E-state index contributed by atoms with van der Waals surface area (Å²) in [6, 6.07) is 5.29. The summed E-state index contributed by atoms with van der Waals surface area (Å²) in [6.07, 6.45) is 0. The number of piperazine rings is 1. The lowest BCUT2D eigenvalue weighted by atomic mass is 10.3. The summed E-state index contributed by atoms with van der Waals surface area (Å²) in [5.74, 6) is -0.605. The molecule has 1 aromatic carbocycles. The molecule has 2 heterocycles. The second-order valence-corrected chi connectivity index (χ2v) is 4.91. The number of hydrogen-bond acceptors (Lipinski definition) is 5. The predicted molar refractivity (Wildman–Crippen MR) is 76.1 cm³/mol. The van der Waals surface area contributed by atoms with Gasteiger partial charge in [-0.3, -0.25) is 9.59 Å². The van der Waals surface area contributed by atoms with E-state index in [0.29, 0.717) is 42.3 Å². The molecule has 1 aliphatic rings. The molecule has 1 aliphatic heterocycles. The Morgan fingerprint density at radius 1 is 1.24 bits per heavy atom. The van der Waals surface area contributed by atoms with Gasteiger partial charge in [0.25, 0.3) is 0 Å². The fraction of sp³-hybridized carbons (Fsp3) is 0.357. The standard InChI is InChI=1S/C14H16N4O3/c1-2-17-6-7-18(14(20)13(17)19)8-11-16-12-9(15)4-3-5-10(12)21-11/h3-5H,2,6-8,15H2,1H3. The molecule has 1 fully saturated rings. The molecule has 2 aromatic rings. The quantitative estimate of drug-likeness (QED) is 0.659. The van der Waals surface area contributed by atoms with Crippen molar-refractivity contribution in [3.63, 3.8) is 0 Å². The summed E-state index contributed by atoms with van der Waals surface area (Å²) in [5, 5.41) is 0. The lowest BCUT2D eigenvalue weighted by molar-refractivity contribution is -0.156. The van der Waals surface area contributed by atoms with Crippen LogP contribution in [0.1, 0.15) is 12.8 Å². The number of likely N-dealkylation sites (N-methyl/N-ethyl adjacent to an activating group) is 1. The van der Waals surface area contributed by atoms with Crippen LogP contribution < -0.4 is 5.73 Å². The molecule has 1 saturated heterocycles. The highest BCUT2D eigenvalue weighted by Gasteiger charge is 2.32. The Balaban J connectivity index is 1.81. The third-order valence-electron chi connectivity index (χ3n) is 3.60. The van der Waals surface area contributed by atoms with Gasteiger partial charge < -0.3 is 20.0 Å². The lowest BCUT2D eigenvalue weighted by Crippen LogP contribution is -2.53. The minimum atomic E-state index is -0.515. The molecule has 0 bridgehead atoms. The number of para-hydroxylation sites is 1. The van der Waals surface area contributed by atoms with Crippen LogP contribution in [0.15, 0.2) is 22.6 Å². The lowest BCUT2D eigenvalue weighted by Gasteiger charge is -2.32. The summed E-state index contributed by atoms with van der Waals surface area (Å²) in [6.45, 7) is 3.58. The minimum absolute atomic E-state index is 0.177. The topological polar surface area (TPSA) is 92.7 Å². The monoisotopic (exact) mass is 288 g/mol. The number of carbonyl (C=O) groups is 2. The first-order valence-corrected chi connectivity index (χ1v) is 6.82. The van der Waals surface area contributed by atoms with Crippen molar-refractivity contribution in [2.45, 2.75) is 13.5 Å². The molecular formula is C14H16N4O3. The molecule has 0 atom stereocenters. The average molecular weight is 288 g/mol. The number of carbonyl (C=O) groups excluding carboxylic acids is 2. The first-order valence-electron chi connectivity index (χ1n) is 6.82. The van der Waals surface area contributed by atoms with E-state index in [9.17, 15) is 9.59 Å². The van der Waals surface area contributed by atoms with Gasteiger partial charge in [0.05, 0.1) is 12.2 Å². The Bertz CT molecular complexity index is 709. The number of anilines is 1. The van der Waals surface area contributed by atoms with Gasteiger partial charge in [-0.25, -0.2) is 4.98 Å². The second kappa shape index (κ2) is 5.08. The molecule has 0 radical (unpaired) electrons. The first-order chi connectivity index (χ1) is 10.1. The van der Waals surface area contributed by atoms with Gasteiger partial charge in [0.2, 0.25) is 5.89 Å². The van der Waals surface area contributed by atoms with E-state index in [-0.39, 0.29) is 6.54 Å². The number of hydrogen-bond donors (Lipinski definition) is 1. The molecule has 110 valence electrons. The van der Waals surface area contributed by atoms with Gasteiger partial charge in [0.1, 0.15) is 5.52 Å². The number of oxazole rings is 1. The van der Waals surface area contributed by atoms with Gasteiger partial charge >= 0.3 is 11.8 Å². The molecule has 0 unspecified atom stereocenters. The van der Waals surface area contributed by atoms with E-state index < -0.39 is 11.8 Å². The van der Waals surface area contributed by atoms with Gasteiger partial charge in [0, 0.05) is 19.6 Å². The molecule has 1 aromatic heterocycles. The highest BCUT2D eigenvalue weighted by Crippen LogP contribution is 2.22. The summed E-state index contributed by atoms with van der Waals surface area (Å²) in [4.78, 5) is 31.1. The van der Waals surface area contributed by atoms with Gasteiger partial charge in [-0.15, -0.1) is 0 Å². The van der Waals surface area contributed by atoms with Crippen molar-refractivity contribution in [1.82, 2.24) is 14.8 Å². The number of nitrogens with zero attached hydrogens (tertiary/aromatic N) is 3. The Kier molecular flexibility index (Phi) is 3.25. The van der Waals surface area contributed by atoms with Crippen LogP contribution in [0.4, 0.5) is 5.69 Å². The minimum Gasteiger partial charge on any atom is -0.439 e. The van der Waals surface area contributed by atoms with Crippen molar-refractivity contribution in [2.75, 3.05) is 25.4 Å². The molecule has 7 nitrogen and oxygen atoms in total. The molecule has 0 aliphatic carbocycles. The molecule has 21 heavy (non-hydrogen) atoms. The van der Waals surface area contributed by atoms with Crippen LogP contribution in [0.5, 0.6) is 0 Å². The van der Waals surface area contributed by atoms with Crippen LogP contribution in [-0.2, 0) is 16.1 Å². The zero-order chi connectivity index (χ0) is 15.0. The van der Waals surface area contributed by atoms with E-state index in [0.717, 1.165) is 0 Å². The van der Waals surface area contributed by atoms with E-state index in [1.54, 1.807) is 18.2 Å². The SMILES string of the molecule is CCN1CCN(Cc2nc3c(N)cccc3o2)C(=O)C1=O. The van der Waals surface area contributed by atoms with Crippen molar-refractivity contribution >= 4 is 28.6 Å². The number of rotatable bonds is 3. The number of nitrogens with two attached hydrogens (primary N) is 1. The van der Waals surface area contributed by atoms with Crippen LogP contribution in [0, 0.1) is 0 Å². The van der Waals surface area contributed by atoms with Gasteiger partial charge in [-0.1, -0.05) is 6.07 Å². The van der Waals surface area contributed by atoms with Crippen LogP contribution >= 0.6 is 0 Å². The highest BCUT2D eigenvalue weighted by molar-refractivity contribution is 6.35. The van der Waals surface area contributed by atoms with E-state index >= 15 is 0 Å². The first kappa shape index (κ1) is 13.4. The number of amides is 2. The van der Waals surface area contributed by atoms with Gasteiger partial charge in [-0.05, 0) is 19.1 Å². The van der Waals surface area contributed by atoms with E-state index in [4.69, 9.17) is 10.2 Å². The van der Waals surface area contributed by atoms with Gasteiger partial charge in [0.15, 0.2) is 5.58 Å². The summed E-state index contributed by atoms with van der Waals surface area (Å²) in [7, 11) is 0. The fourth-order valence-electron chi connectivity index (χ4n) is 2.41. The van der Waals surface area contributed by atoms with E-state index in [1.807, 2.05) is 6.92 Å². The maximum atomic E-state index is 12.0. The van der Waals surface area contributed by atoms with Crippen molar-refractivity contribution in [1.29, 1.82) is 0 Å². The number of fused-ring (bicyclic) bond motifs is 1. The number of aromatic nitrogens is 1. The van der Waals surface area contributed by atoms with E-state index in [2.05, 4.69) is 4.98 Å². The molecule has 2 amide bonds. The third-order valence-corrected chi connectivity index (χ3v) is 3.60.